The third kappa shape index (κ3) is 2.93. The maximum Gasteiger partial charge on any atom is 0.251 e. The largest absolute Gasteiger partial charge is 0.287 e. The van der Waals surface area contributed by atoms with Crippen molar-refractivity contribution in [3.63, 3.8) is 0 Å². The van der Waals surface area contributed by atoms with E-state index in [0.717, 1.165) is 12.8 Å². The highest BCUT2D eigenvalue weighted by Gasteiger charge is 2.27. The molecule has 1 rings (SSSR count). The van der Waals surface area contributed by atoms with Crippen molar-refractivity contribution in [3.05, 3.63) is 0 Å². The van der Waals surface area contributed by atoms with Gasteiger partial charge in [-0.05, 0) is 33.6 Å². The van der Waals surface area contributed by atoms with Gasteiger partial charge < -0.3 is 0 Å². The molecular weight excluding hydrogens is 190 g/mol. The minimum atomic E-state index is -0.577. The lowest BCUT2D eigenvalue weighted by Crippen LogP contribution is -2.55. The van der Waals surface area contributed by atoms with Crippen LogP contribution in [0.25, 0.3) is 0 Å². The van der Waals surface area contributed by atoms with Crippen LogP contribution in [0.1, 0.15) is 40.0 Å². The summed E-state index contributed by atoms with van der Waals surface area (Å²) in [6.07, 6.45) is 3.42. The Hall–Kier alpha value is -1.08. The zero-order chi connectivity index (χ0) is 11.4. The van der Waals surface area contributed by atoms with Crippen molar-refractivity contribution in [1.82, 2.24) is 10.4 Å². The standard InChI is InChI=1S/C11H19N3O/c1-8(7-12)11(15)13-14-9(2)5-4-6-10(14)3/h8-10H,4-6H2,1-3H3,(H,13,15). The van der Waals surface area contributed by atoms with Crippen molar-refractivity contribution in [2.75, 3.05) is 0 Å². The number of piperidine rings is 1. The van der Waals surface area contributed by atoms with Gasteiger partial charge in [0.25, 0.3) is 5.91 Å². The first-order chi connectivity index (χ1) is 7.06. The first-order valence-electron chi connectivity index (χ1n) is 5.54. The first-order valence-corrected chi connectivity index (χ1v) is 5.54. The summed E-state index contributed by atoms with van der Waals surface area (Å²) in [5.74, 6) is -0.774. The Morgan fingerprint density at radius 2 is 2.00 bits per heavy atom. The second kappa shape index (κ2) is 5.13. The van der Waals surface area contributed by atoms with Crippen LogP contribution in [0.2, 0.25) is 0 Å². The number of nitrogens with zero attached hydrogens (tertiary/aromatic N) is 2. The van der Waals surface area contributed by atoms with Gasteiger partial charge in [-0.15, -0.1) is 0 Å². The zero-order valence-electron chi connectivity index (χ0n) is 9.66. The maximum absolute atomic E-state index is 11.6. The van der Waals surface area contributed by atoms with Crippen LogP contribution in [0, 0.1) is 17.2 Å². The number of amides is 1. The molecule has 1 heterocycles. The van der Waals surface area contributed by atoms with Gasteiger partial charge in [-0.2, -0.15) is 5.26 Å². The number of rotatable bonds is 2. The number of carbonyl (C=O) groups is 1. The van der Waals surface area contributed by atoms with E-state index < -0.39 is 5.92 Å². The van der Waals surface area contributed by atoms with Crippen LogP contribution in [0.3, 0.4) is 0 Å². The Morgan fingerprint density at radius 3 is 2.47 bits per heavy atom. The molecule has 1 amide bonds. The van der Waals surface area contributed by atoms with Crippen molar-refractivity contribution < 1.29 is 4.79 Å². The average molecular weight is 209 g/mol. The number of nitrogens with one attached hydrogen (secondary N) is 1. The fourth-order valence-electron chi connectivity index (χ4n) is 1.92. The van der Waals surface area contributed by atoms with Crippen LogP contribution in [0.15, 0.2) is 0 Å². The number of hydrogen-bond donors (Lipinski definition) is 1. The van der Waals surface area contributed by atoms with E-state index in [0.29, 0.717) is 12.1 Å². The molecular formula is C11H19N3O. The summed E-state index contributed by atoms with van der Waals surface area (Å²) in [4.78, 5) is 11.6. The van der Waals surface area contributed by atoms with Crippen LogP contribution in [-0.4, -0.2) is 23.0 Å². The summed E-state index contributed by atoms with van der Waals surface area (Å²) < 4.78 is 0. The maximum atomic E-state index is 11.6. The number of hydrogen-bond acceptors (Lipinski definition) is 3. The topological polar surface area (TPSA) is 56.1 Å². The highest BCUT2D eigenvalue weighted by Crippen LogP contribution is 2.20. The third-order valence-corrected chi connectivity index (χ3v) is 3.02. The molecule has 0 aliphatic carbocycles. The summed E-state index contributed by atoms with van der Waals surface area (Å²) in [5.41, 5.74) is 2.84. The molecule has 0 aromatic rings. The Kier molecular flexibility index (Phi) is 4.10. The van der Waals surface area contributed by atoms with Crippen molar-refractivity contribution in [1.29, 1.82) is 5.26 Å². The number of hydrazine groups is 1. The molecule has 1 aliphatic heterocycles. The molecule has 1 N–H and O–H groups in total. The van der Waals surface area contributed by atoms with Gasteiger partial charge in [-0.1, -0.05) is 6.42 Å². The lowest BCUT2D eigenvalue weighted by molar-refractivity contribution is -0.131. The molecule has 0 radical (unpaired) electrons. The molecule has 0 saturated carbocycles. The normalized spacial score (nSPS) is 29.2. The molecule has 0 aromatic heterocycles. The van der Waals surface area contributed by atoms with Gasteiger partial charge in [0.15, 0.2) is 0 Å². The highest BCUT2D eigenvalue weighted by atomic mass is 16.2. The fraction of sp³-hybridized carbons (Fsp3) is 0.818. The van der Waals surface area contributed by atoms with Crippen LogP contribution in [0.5, 0.6) is 0 Å². The van der Waals surface area contributed by atoms with E-state index in [-0.39, 0.29) is 5.91 Å². The average Bonchev–Trinajstić information content (AvgIpc) is 2.22. The fourth-order valence-corrected chi connectivity index (χ4v) is 1.92. The van der Waals surface area contributed by atoms with Crippen molar-refractivity contribution in [2.45, 2.75) is 52.1 Å². The summed E-state index contributed by atoms with van der Waals surface area (Å²) in [6.45, 7) is 5.83. The van der Waals surface area contributed by atoms with Crippen molar-refractivity contribution in [3.8, 4) is 6.07 Å². The molecule has 15 heavy (non-hydrogen) atoms. The molecule has 1 saturated heterocycles. The predicted octanol–water partition coefficient (Wildman–Crippen LogP) is 1.44. The van der Waals surface area contributed by atoms with E-state index in [9.17, 15) is 4.79 Å². The van der Waals surface area contributed by atoms with Crippen LogP contribution >= 0.6 is 0 Å². The minimum absolute atomic E-state index is 0.196. The summed E-state index contributed by atoms with van der Waals surface area (Å²) >= 11 is 0. The molecule has 4 heteroatoms. The van der Waals surface area contributed by atoms with E-state index in [1.807, 2.05) is 11.1 Å². The predicted molar refractivity (Wildman–Crippen MR) is 57.5 cm³/mol. The highest BCUT2D eigenvalue weighted by molar-refractivity contribution is 5.80. The molecule has 0 bridgehead atoms. The van der Waals surface area contributed by atoms with Gasteiger partial charge in [0.2, 0.25) is 0 Å². The SMILES string of the molecule is CC(C#N)C(=O)NN1C(C)CCCC1C. The Bertz CT molecular complexity index is 261. The van der Waals surface area contributed by atoms with Gasteiger partial charge in [0.05, 0.1) is 6.07 Å². The molecule has 84 valence electrons. The third-order valence-electron chi connectivity index (χ3n) is 3.02. The molecule has 1 aliphatic rings. The van der Waals surface area contributed by atoms with E-state index in [4.69, 9.17) is 5.26 Å². The summed E-state index contributed by atoms with van der Waals surface area (Å²) in [7, 11) is 0. The Morgan fingerprint density at radius 1 is 1.47 bits per heavy atom. The van der Waals surface area contributed by atoms with E-state index >= 15 is 0 Å². The van der Waals surface area contributed by atoms with Crippen molar-refractivity contribution in [2.24, 2.45) is 5.92 Å². The first kappa shape index (κ1) is 12.0. The Labute approximate surface area is 91.2 Å². The van der Waals surface area contributed by atoms with E-state index in [1.54, 1.807) is 6.92 Å². The molecule has 3 unspecified atom stereocenters. The van der Waals surface area contributed by atoms with Gasteiger partial charge in [0, 0.05) is 12.1 Å². The van der Waals surface area contributed by atoms with Crippen molar-refractivity contribution >= 4 is 5.91 Å². The van der Waals surface area contributed by atoms with E-state index in [1.165, 1.54) is 6.42 Å². The van der Waals surface area contributed by atoms with Gasteiger partial charge in [-0.25, -0.2) is 5.01 Å². The quantitative estimate of drug-likeness (QED) is 0.748. The number of nitriles is 1. The monoisotopic (exact) mass is 209 g/mol. The van der Waals surface area contributed by atoms with Crippen LogP contribution in [0.4, 0.5) is 0 Å². The summed E-state index contributed by atoms with van der Waals surface area (Å²) in [6, 6.07) is 2.67. The molecule has 3 atom stereocenters. The molecule has 0 aromatic carbocycles. The molecule has 0 spiro atoms. The zero-order valence-corrected chi connectivity index (χ0v) is 9.66. The summed E-state index contributed by atoms with van der Waals surface area (Å²) in [5, 5.41) is 10.6. The van der Waals surface area contributed by atoms with Gasteiger partial charge in [-0.3, -0.25) is 10.2 Å². The molecule has 1 fully saturated rings. The van der Waals surface area contributed by atoms with Gasteiger partial charge >= 0.3 is 0 Å². The lowest BCUT2D eigenvalue weighted by atomic mass is 10.00. The smallest absolute Gasteiger partial charge is 0.251 e. The van der Waals surface area contributed by atoms with E-state index in [2.05, 4.69) is 19.3 Å². The second-order valence-electron chi connectivity index (χ2n) is 4.36. The van der Waals surface area contributed by atoms with Crippen LogP contribution < -0.4 is 5.43 Å². The van der Waals surface area contributed by atoms with Gasteiger partial charge in [0.1, 0.15) is 5.92 Å². The second-order valence-corrected chi connectivity index (χ2v) is 4.36. The molecule has 4 nitrogen and oxygen atoms in total. The Balaban J connectivity index is 2.55. The lowest BCUT2D eigenvalue weighted by Gasteiger charge is -2.38. The van der Waals surface area contributed by atoms with Crippen LogP contribution in [-0.2, 0) is 4.79 Å². The minimum Gasteiger partial charge on any atom is -0.287 e. The number of carbonyl (C=O) groups excluding carboxylic acids is 1.